The Bertz CT molecular complexity index is 1480. The molecule has 0 radical (unpaired) electrons. The second-order valence-electron chi connectivity index (χ2n) is 9.82. The molecule has 3 heterocycles. The van der Waals surface area contributed by atoms with Crippen LogP contribution in [0.15, 0.2) is 48.8 Å². The smallest absolute Gasteiger partial charge is 0.410 e. The Morgan fingerprint density at radius 2 is 1.89 bits per heavy atom. The van der Waals surface area contributed by atoms with Gasteiger partial charge in [-0.15, -0.1) is 0 Å². The number of nitrogens with zero attached hydrogens (tertiary/aromatic N) is 5. The quantitative estimate of drug-likeness (QED) is 0.397. The van der Waals surface area contributed by atoms with Gasteiger partial charge in [0.25, 0.3) is 0 Å². The lowest BCUT2D eigenvalue weighted by Crippen LogP contribution is -2.35. The Morgan fingerprint density at radius 1 is 1.11 bits per heavy atom. The first-order valence-electron chi connectivity index (χ1n) is 11.8. The molecule has 11 heteroatoms. The second kappa shape index (κ2) is 9.30. The van der Waals surface area contributed by atoms with Gasteiger partial charge in [-0.05, 0) is 51.5 Å². The molecule has 2 N–H and O–H groups in total. The van der Waals surface area contributed by atoms with Gasteiger partial charge in [0, 0.05) is 30.8 Å². The molecule has 9 nitrogen and oxygen atoms in total. The number of carbonyl (C=O) groups excluding carboxylic acids is 1. The molecular weight excluding hydrogens is 482 g/mol. The van der Waals surface area contributed by atoms with Crippen LogP contribution in [0.4, 0.5) is 19.4 Å². The van der Waals surface area contributed by atoms with E-state index in [1.165, 1.54) is 36.7 Å². The molecule has 1 saturated heterocycles. The summed E-state index contributed by atoms with van der Waals surface area (Å²) in [5, 5.41) is 5.09. The van der Waals surface area contributed by atoms with Crippen molar-refractivity contribution < 1.29 is 23.0 Å². The minimum Gasteiger partial charge on any atom is -0.457 e. The summed E-state index contributed by atoms with van der Waals surface area (Å²) < 4.78 is 41.6. The fraction of sp³-hybridized carbons (Fsp3) is 0.308. The van der Waals surface area contributed by atoms with Crippen molar-refractivity contribution in [3.63, 3.8) is 0 Å². The van der Waals surface area contributed by atoms with Crippen molar-refractivity contribution in [3.05, 3.63) is 60.4 Å². The van der Waals surface area contributed by atoms with Crippen molar-refractivity contribution in [2.24, 2.45) is 0 Å². The van der Waals surface area contributed by atoms with E-state index in [2.05, 4.69) is 15.1 Å². The van der Waals surface area contributed by atoms with Crippen LogP contribution < -0.4 is 10.5 Å². The van der Waals surface area contributed by atoms with Gasteiger partial charge < -0.3 is 20.1 Å². The van der Waals surface area contributed by atoms with E-state index in [1.807, 2.05) is 20.8 Å². The minimum absolute atomic E-state index is 0.160. The zero-order valence-corrected chi connectivity index (χ0v) is 20.6. The van der Waals surface area contributed by atoms with Gasteiger partial charge in [0.05, 0.1) is 11.4 Å². The van der Waals surface area contributed by atoms with Crippen LogP contribution in [0, 0.1) is 11.6 Å². The van der Waals surface area contributed by atoms with E-state index in [0.717, 1.165) is 0 Å². The van der Waals surface area contributed by atoms with E-state index in [1.54, 1.807) is 21.7 Å². The van der Waals surface area contributed by atoms with Crippen LogP contribution >= 0.6 is 0 Å². The Labute approximate surface area is 211 Å². The molecule has 4 aromatic rings. The van der Waals surface area contributed by atoms with Crippen molar-refractivity contribution in [3.8, 4) is 22.8 Å². The van der Waals surface area contributed by atoms with Crippen molar-refractivity contribution in [1.29, 1.82) is 0 Å². The molecule has 1 aliphatic heterocycles. The highest BCUT2D eigenvalue weighted by molar-refractivity contribution is 5.98. The lowest BCUT2D eigenvalue weighted by Gasteiger charge is -2.24. The van der Waals surface area contributed by atoms with Gasteiger partial charge in [-0.25, -0.2) is 28.2 Å². The zero-order valence-electron chi connectivity index (χ0n) is 20.6. The summed E-state index contributed by atoms with van der Waals surface area (Å²) in [5.41, 5.74) is 6.47. The highest BCUT2D eigenvalue weighted by Gasteiger charge is 2.33. The number of hydrogen-bond donors (Lipinski definition) is 1. The fourth-order valence-corrected chi connectivity index (χ4v) is 4.29. The van der Waals surface area contributed by atoms with E-state index < -0.39 is 23.3 Å². The highest BCUT2D eigenvalue weighted by atomic mass is 19.1. The molecule has 1 fully saturated rings. The standard InChI is InChI=1S/C26H26F2N6O3/c1-26(2,3)37-25(35)33-10-9-16(13-33)34-24-21(23(29)30-14-31-24)22(32-34)19-8-7-18(12-20(19)28)36-17-6-4-5-15(27)11-17/h4-8,11-12,14,16H,9-10,13H2,1-3H3,(H2,29,30,31)/t16-/m1/s1. The summed E-state index contributed by atoms with van der Waals surface area (Å²) in [6, 6.07) is 9.65. The van der Waals surface area contributed by atoms with E-state index in [0.29, 0.717) is 30.5 Å². The number of anilines is 1. The van der Waals surface area contributed by atoms with E-state index >= 15 is 4.39 Å². The third-order valence-corrected chi connectivity index (χ3v) is 5.91. The number of nitrogen functional groups attached to an aromatic ring is 1. The molecule has 5 rings (SSSR count). The van der Waals surface area contributed by atoms with Crippen LogP contribution in [0.1, 0.15) is 33.2 Å². The van der Waals surface area contributed by atoms with Crippen molar-refractivity contribution in [2.45, 2.75) is 38.8 Å². The van der Waals surface area contributed by atoms with Gasteiger partial charge >= 0.3 is 6.09 Å². The summed E-state index contributed by atoms with van der Waals surface area (Å²) in [7, 11) is 0. The number of likely N-dealkylation sites (tertiary alicyclic amines) is 1. The van der Waals surface area contributed by atoms with E-state index in [9.17, 15) is 9.18 Å². The van der Waals surface area contributed by atoms with Crippen LogP contribution in [-0.2, 0) is 4.74 Å². The zero-order chi connectivity index (χ0) is 26.3. The van der Waals surface area contributed by atoms with Crippen molar-refractivity contribution in [1.82, 2.24) is 24.6 Å². The molecule has 2 aromatic carbocycles. The Balaban J connectivity index is 1.47. The molecule has 1 amide bonds. The maximum Gasteiger partial charge on any atom is 0.410 e. The summed E-state index contributed by atoms with van der Waals surface area (Å²) in [5.74, 6) is -0.462. The number of ether oxygens (including phenoxy) is 2. The second-order valence-corrected chi connectivity index (χ2v) is 9.82. The average molecular weight is 509 g/mol. The number of rotatable bonds is 4. The molecule has 1 atom stereocenters. The third-order valence-electron chi connectivity index (χ3n) is 5.91. The molecule has 2 aromatic heterocycles. The SMILES string of the molecule is CC(C)(C)OC(=O)N1CC[C@@H](n2nc(-c3ccc(Oc4cccc(F)c4)cc3F)c3c(N)ncnc32)C1. The maximum absolute atomic E-state index is 15.3. The third kappa shape index (κ3) is 5.02. The molecular formula is C26H26F2N6O3. The number of benzene rings is 2. The van der Waals surface area contributed by atoms with Gasteiger partial charge in [0.1, 0.15) is 46.6 Å². The number of fused-ring (bicyclic) bond motifs is 1. The molecule has 0 spiro atoms. The lowest BCUT2D eigenvalue weighted by molar-refractivity contribution is 0.0288. The predicted octanol–water partition coefficient (Wildman–Crippen LogP) is 5.33. The monoisotopic (exact) mass is 508 g/mol. The summed E-state index contributed by atoms with van der Waals surface area (Å²) in [6.07, 6.45) is 1.54. The average Bonchev–Trinajstić information content (AvgIpc) is 3.44. The molecule has 0 saturated carbocycles. The number of amides is 1. The topological polar surface area (TPSA) is 108 Å². The highest BCUT2D eigenvalue weighted by Crippen LogP contribution is 2.36. The van der Waals surface area contributed by atoms with Gasteiger partial charge in [-0.3, -0.25) is 0 Å². The largest absolute Gasteiger partial charge is 0.457 e. The minimum atomic E-state index is -0.607. The van der Waals surface area contributed by atoms with Crippen molar-refractivity contribution >= 4 is 22.9 Å². The van der Waals surface area contributed by atoms with Gasteiger partial charge in [-0.1, -0.05) is 6.07 Å². The van der Waals surface area contributed by atoms with Crippen LogP contribution in [0.25, 0.3) is 22.3 Å². The Hall–Kier alpha value is -4.28. The summed E-state index contributed by atoms with van der Waals surface area (Å²) in [6.45, 7) is 6.28. The van der Waals surface area contributed by atoms with Crippen LogP contribution in [0.2, 0.25) is 0 Å². The van der Waals surface area contributed by atoms with E-state index in [4.69, 9.17) is 15.2 Å². The van der Waals surface area contributed by atoms with Crippen LogP contribution in [-0.4, -0.2) is 49.4 Å². The number of carbonyl (C=O) groups is 1. The number of halogens is 2. The Kier molecular flexibility index (Phi) is 6.14. The molecule has 1 aliphatic rings. The van der Waals surface area contributed by atoms with Gasteiger partial charge in [0.15, 0.2) is 5.65 Å². The maximum atomic E-state index is 15.3. The molecule has 0 bridgehead atoms. The number of hydrogen-bond acceptors (Lipinski definition) is 7. The van der Waals surface area contributed by atoms with Gasteiger partial charge in [0.2, 0.25) is 0 Å². The first-order valence-corrected chi connectivity index (χ1v) is 11.8. The van der Waals surface area contributed by atoms with Gasteiger partial charge in [-0.2, -0.15) is 5.10 Å². The summed E-state index contributed by atoms with van der Waals surface area (Å²) in [4.78, 5) is 22.6. The molecule has 0 aliphatic carbocycles. The van der Waals surface area contributed by atoms with E-state index in [-0.39, 0.29) is 34.6 Å². The van der Waals surface area contributed by atoms with Crippen LogP contribution in [0.5, 0.6) is 11.5 Å². The summed E-state index contributed by atoms with van der Waals surface area (Å²) >= 11 is 0. The Morgan fingerprint density at radius 3 is 2.62 bits per heavy atom. The molecule has 0 unspecified atom stereocenters. The van der Waals surface area contributed by atoms with Crippen LogP contribution in [0.3, 0.4) is 0 Å². The molecule has 192 valence electrons. The van der Waals surface area contributed by atoms with Crippen molar-refractivity contribution in [2.75, 3.05) is 18.8 Å². The first kappa shape index (κ1) is 24.4. The normalized spacial score (nSPS) is 15.8. The molecule has 37 heavy (non-hydrogen) atoms. The first-order chi connectivity index (χ1) is 17.6. The number of aromatic nitrogens is 4. The fourth-order valence-electron chi connectivity index (χ4n) is 4.29. The number of nitrogens with two attached hydrogens (primary N) is 1. The lowest BCUT2D eigenvalue weighted by atomic mass is 10.1. The predicted molar refractivity (Wildman–Crippen MR) is 133 cm³/mol.